The maximum atomic E-state index is 6.32. The fourth-order valence-electron chi connectivity index (χ4n) is 2.48. The van der Waals surface area contributed by atoms with Crippen molar-refractivity contribution in [2.75, 3.05) is 0 Å². The molecule has 0 aliphatic heterocycles. The minimum absolute atomic E-state index is 0. The van der Waals surface area contributed by atoms with Gasteiger partial charge in [0.25, 0.3) is 0 Å². The van der Waals surface area contributed by atoms with Crippen molar-refractivity contribution in [1.29, 1.82) is 0 Å². The summed E-state index contributed by atoms with van der Waals surface area (Å²) in [6.07, 6.45) is 5.71. The van der Waals surface area contributed by atoms with E-state index < -0.39 is 0 Å². The summed E-state index contributed by atoms with van der Waals surface area (Å²) in [5.41, 5.74) is 6.41. The van der Waals surface area contributed by atoms with Crippen molar-refractivity contribution in [2.24, 2.45) is 17.1 Å². The van der Waals surface area contributed by atoms with Crippen LogP contribution in [0.25, 0.3) is 0 Å². The van der Waals surface area contributed by atoms with Gasteiger partial charge in [-0.05, 0) is 31.1 Å². The number of halogens is 1. The molecule has 0 radical (unpaired) electrons. The minimum atomic E-state index is -0.0647. The minimum Gasteiger partial charge on any atom is -0.325 e. The van der Waals surface area contributed by atoms with E-state index >= 15 is 0 Å². The highest BCUT2D eigenvalue weighted by Gasteiger charge is 2.49. The van der Waals surface area contributed by atoms with Gasteiger partial charge in [-0.1, -0.05) is 13.8 Å². The van der Waals surface area contributed by atoms with E-state index in [2.05, 4.69) is 31.0 Å². The lowest BCUT2D eigenvalue weighted by atomic mass is 9.72. The second-order valence-corrected chi connectivity index (χ2v) is 5.46. The third-order valence-corrected chi connectivity index (χ3v) is 4.35. The Labute approximate surface area is 103 Å². The quantitative estimate of drug-likeness (QED) is 0.864. The molecule has 2 N–H and O–H groups in total. The van der Waals surface area contributed by atoms with Crippen LogP contribution in [-0.4, -0.2) is 20.5 Å². The van der Waals surface area contributed by atoms with Crippen LogP contribution in [0.5, 0.6) is 0 Å². The molecule has 0 unspecified atom stereocenters. The van der Waals surface area contributed by atoms with Crippen molar-refractivity contribution < 1.29 is 0 Å². The molecule has 0 aromatic carbocycles. The van der Waals surface area contributed by atoms with Crippen molar-refractivity contribution in [3.63, 3.8) is 0 Å². The van der Waals surface area contributed by atoms with Gasteiger partial charge in [-0.2, -0.15) is 15.0 Å². The predicted molar refractivity (Wildman–Crippen MR) is 66.4 cm³/mol. The van der Waals surface area contributed by atoms with Crippen molar-refractivity contribution in [3.05, 3.63) is 12.4 Å². The highest BCUT2D eigenvalue weighted by atomic mass is 35.5. The Morgan fingerprint density at radius 2 is 1.88 bits per heavy atom. The first-order valence-electron chi connectivity index (χ1n) is 5.56. The second kappa shape index (κ2) is 4.34. The van der Waals surface area contributed by atoms with Gasteiger partial charge in [-0.15, -0.1) is 12.4 Å². The van der Waals surface area contributed by atoms with E-state index in [9.17, 15) is 0 Å². The molecule has 1 aliphatic rings. The molecule has 1 saturated carbocycles. The molecule has 2 rings (SSSR count). The predicted octanol–water partition coefficient (Wildman–Crippen LogP) is 1.85. The number of nitrogens with two attached hydrogens (primary N) is 1. The van der Waals surface area contributed by atoms with Crippen LogP contribution >= 0.6 is 12.4 Å². The third-order valence-electron chi connectivity index (χ3n) is 4.35. The molecule has 16 heavy (non-hydrogen) atoms. The maximum Gasteiger partial charge on any atom is 0.0693 e. The molecule has 5 heteroatoms. The molecule has 92 valence electrons. The van der Waals surface area contributed by atoms with Gasteiger partial charge in [-0.25, -0.2) is 0 Å². The second-order valence-electron chi connectivity index (χ2n) is 5.46. The van der Waals surface area contributed by atoms with Crippen LogP contribution in [0.3, 0.4) is 0 Å². The zero-order valence-corrected chi connectivity index (χ0v) is 11.0. The summed E-state index contributed by atoms with van der Waals surface area (Å²) in [6.45, 7) is 7.55. The summed E-state index contributed by atoms with van der Waals surface area (Å²) < 4.78 is 0. The zero-order chi connectivity index (χ0) is 11.1. The first kappa shape index (κ1) is 13.5. The number of hydrogen-bond donors (Lipinski definition) is 1. The Bertz CT molecular complexity index is 332. The summed E-state index contributed by atoms with van der Waals surface area (Å²) in [6, 6.07) is 0. The van der Waals surface area contributed by atoms with Crippen molar-refractivity contribution in [1.82, 2.24) is 15.0 Å². The summed E-state index contributed by atoms with van der Waals surface area (Å²) in [5.74, 6) is 0.569. The first-order chi connectivity index (χ1) is 6.93. The number of rotatable bonds is 2. The Hall–Kier alpha value is -0.610. The van der Waals surface area contributed by atoms with E-state index in [1.807, 2.05) is 0 Å². The molecule has 0 amide bonds. The van der Waals surface area contributed by atoms with Crippen LogP contribution in [0, 0.1) is 11.3 Å². The summed E-state index contributed by atoms with van der Waals surface area (Å²) in [5, 5.41) is 8.32. The largest absolute Gasteiger partial charge is 0.325 e. The van der Waals surface area contributed by atoms with Gasteiger partial charge >= 0.3 is 0 Å². The van der Waals surface area contributed by atoms with Crippen LogP contribution in [0.4, 0.5) is 0 Å². The normalized spacial score (nSPS) is 32.4. The van der Waals surface area contributed by atoms with Gasteiger partial charge in [0.05, 0.1) is 18.9 Å². The molecular weight excluding hydrogens is 224 g/mol. The van der Waals surface area contributed by atoms with Crippen molar-refractivity contribution in [3.8, 4) is 0 Å². The van der Waals surface area contributed by atoms with Gasteiger partial charge in [0.15, 0.2) is 0 Å². The topological polar surface area (TPSA) is 56.7 Å². The standard InChI is InChI=1S/C11H20N4.ClH/c1-10(2)9(4-5-11(10,3)12)8-15-13-6-7-14-15;/h6-7,9H,4-5,8,12H2,1-3H3;1H/t9-,11-;/m1./s1. The Kier molecular flexibility index (Phi) is 3.65. The number of nitrogens with zero attached hydrogens (tertiary/aromatic N) is 3. The molecular formula is C11H21ClN4. The van der Waals surface area contributed by atoms with Crippen LogP contribution < -0.4 is 5.73 Å². The fourth-order valence-corrected chi connectivity index (χ4v) is 2.48. The van der Waals surface area contributed by atoms with Gasteiger partial charge in [0, 0.05) is 5.54 Å². The highest BCUT2D eigenvalue weighted by molar-refractivity contribution is 5.85. The van der Waals surface area contributed by atoms with E-state index in [1.54, 1.807) is 17.2 Å². The van der Waals surface area contributed by atoms with E-state index in [-0.39, 0.29) is 23.4 Å². The molecule has 1 fully saturated rings. The Morgan fingerprint density at radius 1 is 1.31 bits per heavy atom. The number of hydrogen-bond acceptors (Lipinski definition) is 3. The first-order valence-corrected chi connectivity index (χ1v) is 5.56. The molecule has 1 aromatic heterocycles. The van der Waals surface area contributed by atoms with E-state index in [1.165, 1.54) is 6.42 Å². The average Bonchev–Trinajstić information content (AvgIpc) is 2.69. The summed E-state index contributed by atoms with van der Waals surface area (Å²) >= 11 is 0. The average molecular weight is 245 g/mol. The molecule has 1 aliphatic carbocycles. The molecule has 0 saturated heterocycles. The van der Waals surface area contributed by atoms with Crippen LogP contribution in [0.15, 0.2) is 12.4 Å². The summed E-state index contributed by atoms with van der Waals surface area (Å²) in [7, 11) is 0. The molecule has 2 atom stereocenters. The lowest BCUT2D eigenvalue weighted by Gasteiger charge is -2.38. The summed E-state index contributed by atoms with van der Waals surface area (Å²) in [4.78, 5) is 1.77. The van der Waals surface area contributed by atoms with Crippen LogP contribution in [0.1, 0.15) is 33.6 Å². The van der Waals surface area contributed by atoms with Gasteiger partial charge < -0.3 is 5.73 Å². The SMILES string of the molecule is CC1(C)[C@@H](Cn2nccn2)CC[C@@]1(C)N.Cl. The van der Waals surface area contributed by atoms with E-state index in [0.717, 1.165) is 13.0 Å². The van der Waals surface area contributed by atoms with Crippen molar-refractivity contribution >= 4 is 12.4 Å². The number of aromatic nitrogens is 3. The highest BCUT2D eigenvalue weighted by Crippen LogP contribution is 2.48. The lowest BCUT2D eigenvalue weighted by Crippen LogP contribution is -2.48. The molecule has 0 spiro atoms. The van der Waals surface area contributed by atoms with Crippen LogP contribution in [-0.2, 0) is 6.54 Å². The Morgan fingerprint density at radius 3 is 2.31 bits per heavy atom. The molecule has 1 aromatic rings. The molecule has 4 nitrogen and oxygen atoms in total. The Balaban J connectivity index is 0.00000128. The third kappa shape index (κ3) is 2.09. The maximum absolute atomic E-state index is 6.32. The molecule has 0 bridgehead atoms. The monoisotopic (exact) mass is 244 g/mol. The van der Waals surface area contributed by atoms with Gasteiger partial charge in [0.2, 0.25) is 0 Å². The smallest absolute Gasteiger partial charge is 0.0693 e. The van der Waals surface area contributed by atoms with E-state index in [4.69, 9.17) is 5.73 Å². The fraction of sp³-hybridized carbons (Fsp3) is 0.818. The molecule has 1 heterocycles. The lowest BCUT2D eigenvalue weighted by molar-refractivity contribution is 0.143. The van der Waals surface area contributed by atoms with E-state index in [0.29, 0.717) is 5.92 Å². The van der Waals surface area contributed by atoms with Gasteiger partial charge in [-0.3, -0.25) is 0 Å². The van der Waals surface area contributed by atoms with Crippen LogP contribution in [0.2, 0.25) is 0 Å². The van der Waals surface area contributed by atoms with Crippen molar-refractivity contribution in [2.45, 2.75) is 45.7 Å². The zero-order valence-electron chi connectivity index (χ0n) is 10.2. The van der Waals surface area contributed by atoms with Gasteiger partial charge in [0.1, 0.15) is 0 Å².